The van der Waals surface area contributed by atoms with Crippen molar-refractivity contribution in [2.75, 3.05) is 26.2 Å². The lowest BCUT2D eigenvalue weighted by Crippen LogP contribution is -2.38. The Morgan fingerprint density at radius 2 is 2.19 bits per heavy atom. The molecule has 0 aromatic heterocycles. The minimum Gasteiger partial charge on any atom is -0.396 e. The van der Waals surface area contributed by atoms with E-state index in [1.807, 2.05) is 25.1 Å². The van der Waals surface area contributed by atoms with Crippen molar-refractivity contribution in [3.05, 3.63) is 34.9 Å². The van der Waals surface area contributed by atoms with Gasteiger partial charge < -0.3 is 15.7 Å². The number of aliphatic imine (C=N–C) groups is 1. The third kappa shape index (κ3) is 5.21. The molecule has 21 heavy (non-hydrogen) atoms. The Bertz CT molecular complexity index is 486. The van der Waals surface area contributed by atoms with E-state index in [0.717, 1.165) is 43.3 Å². The lowest BCUT2D eigenvalue weighted by molar-refractivity contribution is 0.217. The van der Waals surface area contributed by atoms with E-state index in [2.05, 4.69) is 21.7 Å². The monoisotopic (exact) mass is 309 g/mol. The lowest BCUT2D eigenvalue weighted by atomic mass is 10.1. The topological polar surface area (TPSA) is 56.7 Å². The highest BCUT2D eigenvalue weighted by molar-refractivity contribution is 6.30. The molecule has 0 unspecified atom stereocenters. The predicted molar refractivity (Wildman–Crippen MR) is 87.9 cm³/mol. The standard InChI is InChI=1S/C16H24ClN3O/c1-2-18-15(20-11-16(12-21)7-8-16)19-9-6-13-4-3-5-14(17)10-13/h3-5,10,21H,2,6-9,11-12H2,1H3,(H2,18,19,20). The highest BCUT2D eigenvalue weighted by Gasteiger charge is 2.41. The van der Waals surface area contributed by atoms with Crippen LogP contribution in [0.15, 0.2) is 29.3 Å². The van der Waals surface area contributed by atoms with Gasteiger partial charge in [0.1, 0.15) is 0 Å². The predicted octanol–water partition coefficient (Wildman–Crippen LogP) is 2.21. The van der Waals surface area contributed by atoms with Crippen LogP contribution < -0.4 is 10.6 Å². The van der Waals surface area contributed by atoms with Crippen LogP contribution >= 0.6 is 11.6 Å². The zero-order chi connectivity index (χ0) is 15.1. The number of rotatable bonds is 7. The minimum absolute atomic E-state index is 0.0509. The second-order valence-electron chi connectivity index (χ2n) is 5.66. The fraction of sp³-hybridized carbons (Fsp3) is 0.562. The molecule has 0 spiro atoms. The number of benzene rings is 1. The number of hydrogen-bond acceptors (Lipinski definition) is 2. The fourth-order valence-corrected chi connectivity index (χ4v) is 2.36. The molecule has 0 bridgehead atoms. The molecule has 116 valence electrons. The van der Waals surface area contributed by atoms with Gasteiger partial charge in [0.2, 0.25) is 0 Å². The average molecular weight is 310 g/mol. The second kappa shape index (κ2) is 7.66. The molecule has 4 nitrogen and oxygen atoms in total. The molecule has 3 N–H and O–H groups in total. The molecule has 5 heteroatoms. The molecular formula is C16H24ClN3O. The van der Waals surface area contributed by atoms with Crippen LogP contribution in [0.3, 0.4) is 0 Å². The summed E-state index contributed by atoms with van der Waals surface area (Å²) in [7, 11) is 0. The Morgan fingerprint density at radius 3 is 2.81 bits per heavy atom. The van der Waals surface area contributed by atoms with E-state index in [1.165, 1.54) is 5.56 Å². The number of hydrogen-bond donors (Lipinski definition) is 3. The molecule has 1 fully saturated rings. The zero-order valence-corrected chi connectivity index (χ0v) is 13.3. The van der Waals surface area contributed by atoms with Gasteiger partial charge in [0.15, 0.2) is 5.96 Å². The summed E-state index contributed by atoms with van der Waals surface area (Å²) in [4.78, 5) is 4.58. The maximum atomic E-state index is 9.33. The van der Waals surface area contributed by atoms with Crippen molar-refractivity contribution in [2.45, 2.75) is 26.2 Å². The minimum atomic E-state index is 0.0509. The first-order valence-electron chi connectivity index (χ1n) is 7.55. The Hall–Kier alpha value is -1.26. The molecule has 1 aromatic carbocycles. The van der Waals surface area contributed by atoms with Crippen molar-refractivity contribution in [2.24, 2.45) is 10.4 Å². The number of nitrogens with one attached hydrogen (secondary N) is 2. The van der Waals surface area contributed by atoms with Gasteiger partial charge >= 0.3 is 0 Å². The summed E-state index contributed by atoms with van der Waals surface area (Å²) in [6, 6.07) is 7.91. The fourth-order valence-electron chi connectivity index (χ4n) is 2.15. The second-order valence-corrected chi connectivity index (χ2v) is 6.10. The molecule has 1 aromatic rings. The van der Waals surface area contributed by atoms with Gasteiger partial charge in [0.25, 0.3) is 0 Å². The molecule has 2 rings (SSSR count). The van der Waals surface area contributed by atoms with Crippen molar-refractivity contribution in [3.63, 3.8) is 0 Å². The van der Waals surface area contributed by atoms with Gasteiger partial charge in [-0.1, -0.05) is 23.7 Å². The highest BCUT2D eigenvalue weighted by atomic mass is 35.5. The normalized spacial score (nSPS) is 16.6. The number of nitrogens with zero attached hydrogens (tertiary/aromatic N) is 1. The van der Waals surface area contributed by atoms with Crippen molar-refractivity contribution in [1.29, 1.82) is 0 Å². The van der Waals surface area contributed by atoms with Crippen molar-refractivity contribution in [3.8, 4) is 0 Å². The smallest absolute Gasteiger partial charge is 0.191 e. The Kier molecular flexibility index (Phi) is 5.88. The molecule has 0 radical (unpaired) electrons. The summed E-state index contributed by atoms with van der Waals surface area (Å²) in [5.41, 5.74) is 1.26. The van der Waals surface area contributed by atoms with E-state index < -0.39 is 0 Å². The molecule has 0 heterocycles. The average Bonchev–Trinajstić information content (AvgIpc) is 3.25. The van der Waals surface area contributed by atoms with Crippen LogP contribution in [-0.4, -0.2) is 37.3 Å². The third-order valence-electron chi connectivity index (χ3n) is 3.80. The maximum Gasteiger partial charge on any atom is 0.191 e. The summed E-state index contributed by atoms with van der Waals surface area (Å²) in [5.74, 6) is 0.819. The molecule has 1 saturated carbocycles. The van der Waals surface area contributed by atoms with Gasteiger partial charge in [-0.05, 0) is 43.9 Å². The van der Waals surface area contributed by atoms with Gasteiger partial charge in [-0.2, -0.15) is 0 Å². The highest BCUT2D eigenvalue weighted by Crippen LogP contribution is 2.45. The largest absolute Gasteiger partial charge is 0.396 e. The molecule has 0 aliphatic heterocycles. The van der Waals surface area contributed by atoms with Crippen LogP contribution in [0.1, 0.15) is 25.3 Å². The van der Waals surface area contributed by atoms with Gasteiger partial charge in [-0.25, -0.2) is 0 Å². The first-order chi connectivity index (χ1) is 10.2. The van der Waals surface area contributed by atoms with Gasteiger partial charge in [-0.3, -0.25) is 4.99 Å². The van der Waals surface area contributed by atoms with Crippen molar-refractivity contribution in [1.82, 2.24) is 10.6 Å². The molecule has 1 aliphatic rings. The summed E-state index contributed by atoms with van der Waals surface area (Å²) < 4.78 is 0. The molecular weight excluding hydrogens is 286 g/mol. The number of guanidine groups is 1. The lowest BCUT2D eigenvalue weighted by Gasteiger charge is -2.13. The van der Waals surface area contributed by atoms with Crippen LogP contribution in [0.4, 0.5) is 0 Å². The van der Waals surface area contributed by atoms with E-state index in [-0.39, 0.29) is 12.0 Å². The number of aliphatic hydroxyl groups excluding tert-OH is 1. The SMILES string of the molecule is CCNC(=NCC1(CO)CC1)NCCc1cccc(Cl)c1. The van der Waals surface area contributed by atoms with Crippen LogP contribution in [0.25, 0.3) is 0 Å². The van der Waals surface area contributed by atoms with Gasteiger partial charge in [0.05, 0.1) is 13.2 Å². The van der Waals surface area contributed by atoms with E-state index in [1.54, 1.807) is 0 Å². The molecule has 0 saturated heterocycles. The molecule has 1 aliphatic carbocycles. The molecule has 0 atom stereocenters. The molecule has 0 amide bonds. The van der Waals surface area contributed by atoms with E-state index in [4.69, 9.17) is 11.6 Å². The Labute approximate surface area is 131 Å². The van der Waals surface area contributed by atoms with E-state index >= 15 is 0 Å². The summed E-state index contributed by atoms with van der Waals surface area (Å²) >= 11 is 5.98. The van der Waals surface area contributed by atoms with Crippen LogP contribution in [-0.2, 0) is 6.42 Å². The quantitative estimate of drug-likeness (QED) is 0.535. The van der Waals surface area contributed by atoms with Crippen LogP contribution in [0, 0.1) is 5.41 Å². The first-order valence-corrected chi connectivity index (χ1v) is 7.93. The van der Waals surface area contributed by atoms with Crippen molar-refractivity contribution >= 4 is 17.6 Å². The number of aliphatic hydroxyl groups is 1. The zero-order valence-electron chi connectivity index (χ0n) is 12.5. The third-order valence-corrected chi connectivity index (χ3v) is 4.04. The first kappa shape index (κ1) is 16.1. The van der Waals surface area contributed by atoms with E-state index in [9.17, 15) is 5.11 Å². The van der Waals surface area contributed by atoms with Gasteiger partial charge in [-0.15, -0.1) is 0 Å². The summed E-state index contributed by atoms with van der Waals surface area (Å²) in [6.07, 6.45) is 3.06. The number of halogens is 1. The summed E-state index contributed by atoms with van der Waals surface area (Å²) in [6.45, 7) is 4.61. The van der Waals surface area contributed by atoms with Gasteiger partial charge in [0, 0.05) is 23.5 Å². The van der Waals surface area contributed by atoms with E-state index in [0.29, 0.717) is 6.54 Å². The van der Waals surface area contributed by atoms with Crippen LogP contribution in [0.5, 0.6) is 0 Å². The Balaban J connectivity index is 1.81. The maximum absolute atomic E-state index is 9.33. The summed E-state index contributed by atoms with van der Waals surface area (Å²) in [5, 5.41) is 16.7. The van der Waals surface area contributed by atoms with Crippen molar-refractivity contribution < 1.29 is 5.11 Å². The Morgan fingerprint density at radius 1 is 1.38 bits per heavy atom. The van der Waals surface area contributed by atoms with Crippen LogP contribution in [0.2, 0.25) is 5.02 Å².